The highest BCUT2D eigenvalue weighted by molar-refractivity contribution is 8.18. The number of thioether (sulfide) groups is 1. The van der Waals surface area contributed by atoms with Gasteiger partial charge < -0.3 is 14.8 Å². The number of rotatable bonds is 5. The SMILES string of the molecule is O=C(CN1C(=O)S/C(=C/C=C\c2ccccc2)C1=O)Nc1ccc2c(c1)OCO2. The number of hydrogen-bond donors (Lipinski definition) is 1. The topological polar surface area (TPSA) is 84.9 Å². The number of fused-ring (bicyclic) bond motifs is 1. The average molecular weight is 408 g/mol. The molecule has 0 saturated carbocycles. The molecule has 7 nitrogen and oxygen atoms in total. The summed E-state index contributed by atoms with van der Waals surface area (Å²) in [5.74, 6) is 0.163. The van der Waals surface area contributed by atoms with Crippen LogP contribution >= 0.6 is 11.8 Å². The molecule has 1 N–H and O–H groups in total. The molecule has 0 aromatic heterocycles. The number of allylic oxidation sites excluding steroid dienone is 2. The van der Waals surface area contributed by atoms with Crippen molar-refractivity contribution in [1.82, 2.24) is 4.90 Å². The molecule has 0 atom stereocenters. The fraction of sp³-hybridized carbons (Fsp3) is 0.0952. The highest BCUT2D eigenvalue weighted by Gasteiger charge is 2.36. The number of carbonyl (C=O) groups is 3. The zero-order valence-corrected chi connectivity index (χ0v) is 16.0. The van der Waals surface area contributed by atoms with Crippen molar-refractivity contribution in [2.45, 2.75) is 0 Å². The van der Waals surface area contributed by atoms with Crippen LogP contribution in [0.1, 0.15) is 5.56 Å². The minimum atomic E-state index is -0.487. The summed E-state index contributed by atoms with van der Waals surface area (Å²) in [6.07, 6.45) is 5.12. The highest BCUT2D eigenvalue weighted by atomic mass is 32.2. The summed E-state index contributed by atoms with van der Waals surface area (Å²) in [4.78, 5) is 38.1. The zero-order chi connectivity index (χ0) is 20.2. The van der Waals surface area contributed by atoms with Gasteiger partial charge in [-0.05, 0) is 35.5 Å². The molecule has 2 aliphatic rings. The Morgan fingerprint density at radius 3 is 2.72 bits per heavy atom. The van der Waals surface area contributed by atoms with Crippen LogP contribution in [0.2, 0.25) is 0 Å². The molecule has 1 saturated heterocycles. The molecule has 1 fully saturated rings. The van der Waals surface area contributed by atoms with E-state index in [0.29, 0.717) is 17.2 Å². The second-order valence-electron chi connectivity index (χ2n) is 6.18. The number of nitrogens with zero attached hydrogens (tertiary/aromatic N) is 1. The van der Waals surface area contributed by atoms with Gasteiger partial charge in [0.1, 0.15) is 6.54 Å². The number of hydrogen-bond acceptors (Lipinski definition) is 6. The summed E-state index contributed by atoms with van der Waals surface area (Å²) < 4.78 is 10.5. The van der Waals surface area contributed by atoms with Crippen molar-refractivity contribution in [2.75, 3.05) is 18.7 Å². The summed E-state index contributed by atoms with van der Waals surface area (Å²) in [7, 11) is 0. The number of ether oxygens (including phenoxy) is 2. The van der Waals surface area contributed by atoms with Gasteiger partial charge in [0, 0.05) is 11.8 Å². The van der Waals surface area contributed by atoms with E-state index in [-0.39, 0.29) is 18.2 Å². The lowest BCUT2D eigenvalue weighted by atomic mass is 10.2. The molecular weight excluding hydrogens is 392 g/mol. The zero-order valence-electron chi connectivity index (χ0n) is 15.2. The van der Waals surface area contributed by atoms with E-state index in [1.807, 2.05) is 36.4 Å². The second-order valence-corrected chi connectivity index (χ2v) is 7.17. The van der Waals surface area contributed by atoms with Crippen molar-refractivity contribution in [3.8, 4) is 11.5 Å². The van der Waals surface area contributed by atoms with Crippen molar-refractivity contribution in [1.29, 1.82) is 0 Å². The van der Waals surface area contributed by atoms with Gasteiger partial charge in [-0.1, -0.05) is 42.5 Å². The molecule has 2 aromatic rings. The van der Waals surface area contributed by atoms with Gasteiger partial charge in [0.25, 0.3) is 11.1 Å². The lowest BCUT2D eigenvalue weighted by Crippen LogP contribution is -2.36. The Morgan fingerprint density at radius 2 is 1.90 bits per heavy atom. The van der Waals surface area contributed by atoms with Crippen molar-refractivity contribution < 1.29 is 23.9 Å². The lowest BCUT2D eigenvalue weighted by molar-refractivity contribution is -0.127. The van der Waals surface area contributed by atoms with E-state index >= 15 is 0 Å². The van der Waals surface area contributed by atoms with E-state index in [1.54, 1.807) is 30.4 Å². The molecular formula is C21H16N2O5S. The van der Waals surface area contributed by atoms with Gasteiger partial charge in [-0.25, -0.2) is 0 Å². The van der Waals surface area contributed by atoms with Gasteiger partial charge in [0.15, 0.2) is 11.5 Å². The number of nitrogens with one attached hydrogen (secondary N) is 1. The Kier molecular flexibility index (Phi) is 5.35. The fourth-order valence-corrected chi connectivity index (χ4v) is 3.57. The van der Waals surface area contributed by atoms with E-state index in [9.17, 15) is 14.4 Å². The van der Waals surface area contributed by atoms with E-state index in [1.165, 1.54) is 0 Å². The molecule has 2 aromatic carbocycles. The predicted octanol–water partition coefficient (Wildman–Crippen LogP) is 3.65. The van der Waals surface area contributed by atoms with Crippen LogP contribution in [0.5, 0.6) is 11.5 Å². The van der Waals surface area contributed by atoms with Crippen LogP contribution in [0.4, 0.5) is 10.5 Å². The quantitative estimate of drug-likeness (QED) is 0.761. The first kappa shape index (κ1) is 18.8. The first-order valence-corrected chi connectivity index (χ1v) is 9.58. The Hall–Kier alpha value is -3.52. The number of amides is 3. The molecule has 0 radical (unpaired) electrons. The first-order valence-electron chi connectivity index (χ1n) is 8.77. The summed E-state index contributed by atoms with van der Waals surface area (Å²) in [6, 6.07) is 14.6. The number of anilines is 1. The van der Waals surface area contributed by atoms with Crippen LogP contribution in [0.15, 0.2) is 65.6 Å². The van der Waals surface area contributed by atoms with E-state index < -0.39 is 17.1 Å². The van der Waals surface area contributed by atoms with Gasteiger partial charge in [0.05, 0.1) is 4.91 Å². The summed E-state index contributed by atoms with van der Waals surface area (Å²) in [5.41, 5.74) is 1.47. The molecule has 0 aliphatic carbocycles. The van der Waals surface area contributed by atoms with Crippen LogP contribution in [-0.4, -0.2) is 35.3 Å². The van der Waals surface area contributed by atoms with Gasteiger partial charge in [-0.3, -0.25) is 19.3 Å². The van der Waals surface area contributed by atoms with Crippen LogP contribution < -0.4 is 14.8 Å². The monoisotopic (exact) mass is 408 g/mol. The third kappa shape index (κ3) is 4.33. The second kappa shape index (κ2) is 8.24. The van der Waals surface area contributed by atoms with Crippen LogP contribution in [-0.2, 0) is 9.59 Å². The molecule has 2 heterocycles. The molecule has 3 amide bonds. The fourth-order valence-electron chi connectivity index (χ4n) is 2.78. The predicted molar refractivity (Wildman–Crippen MR) is 109 cm³/mol. The number of carbonyl (C=O) groups excluding carboxylic acids is 3. The Bertz CT molecular complexity index is 1030. The highest BCUT2D eigenvalue weighted by Crippen LogP contribution is 2.34. The first-order chi connectivity index (χ1) is 14.1. The van der Waals surface area contributed by atoms with Gasteiger partial charge in [-0.15, -0.1) is 0 Å². The normalized spacial score (nSPS) is 16.8. The van der Waals surface area contributed by atoms with Crippen molar-refractivity contribution >= 4 is 40.6 Å². The summed E-state index contributed by atoms with van der Waals surface area (Å²) in [5, 5.41) is 2.18. The minimum Gasteiger partial charge on any atom is -0.454 e. The largest absolute Gasteiger partial charge is 0.454 e. The summed E-state index contributed by atoms with van der Waals surface area (Å²) >= 11 is 0.812. The van der Waals surface area contributed by atoms with Crippen LogP contribution in [0.25, 0.3) is 6.08 Å². The van der Waals surface area contributed by atoms with E-state index in [2.05, 4.69) is 5.32 Å². The minimum absolute atomic E-state index is 0.133. The van der Waals surface area contributed by atoms with Gasteiger partial charge >= 0.3 is 0 Å². The molecule has 146 valence electrons. The number of imide groups is 1. The van der Waals surface area contributed by atoms with Gasteiger partial charge in [0.2, 0.25) is 12.7 Å². The van der Waals surface area contributed by atoms with E-state index in [4.69, 9.17) is 9.47 Å². The smallest absolute Gasteiger partial charge is 0.294 e. The van der Waals surface area contributed by atoms with Gasteiger partial charge in [-0.2, -0.15) is 0 Å². The Morgan fingerprint density at radius 1 is 1.10 bits per heavy atom. The molecule has 2 aliphatic heterocycles. The van der Waals surface area contributed by atoms with E-state index in [0.717, 1.165) is 22.2 Å². The standard InChI is InChI=1S/C21H16N2O5S/c24-19(22-15-9-10-16-17(11-15)28-13-27-16)12-23-20(25)18(29-21(23)26)8-4-7-14-5-2-1-3-6-14/h1-11H,12-13H2,(H,22,24)/b7-4-,18-8+. The molecule has 0 bridgehead atoms. The lowest BCUT2D eigenvalue weighted by Gasteiger charge is -2.12. The van der Waals surface area contributed by atoms with Crippen molar-refractivity contribution in [2.24, 2.45) is 0 Å². The molecule has 0 unspecified atom stereocenters. The Balaban J connectivity index is 1.38. The average Bonchev–Trinajstić information content (AvgIpc) is 3.28. The third-order valence-electron chi connectivity index (χ3n) is 4.17. The molecule has 0 spiro atoms. The maximum atomic E-state index is 12.5. The van der Waals surface area contributed by atoms with Crippen molar-refractivity contribution in [3.63, 3.8) is 0 Å². The van der Waals surface area contributed by atoms with Crippen LogP contribution in [0.3, 0.4) is 0 Å². The molecule has 4 rings (SSSR count). The summed E-state index contributed by atoms with van der Waals surface area (Å²) in [6.45, 7) is -0.229. The van der Waals surface area contributed by atoms with Crippen molar-refractivity contribution in [3.05, 3.63) is 71.2 Å². The number of benzene rings is 2. The maximum absolute atomic E-state index is 12.5. The third-order valence-corrected chi connectivity index (χ3v) is 5.09. The molecule has 8 heteroatoms. The molecule has 29 heavy (non-hydrogen) atoms. The van der Waals surface area contributed by atoms with Crippen LogP contribution in [0, 0.1) is 0 Å². The maximum Gasteiger partial charge on any atom is 0.294 e. The Labute approximate surface area is 171 Å².